The van der Waals surface area contributed by atoms with Crippen molar-refractivity contribution in [2.75, 3.05) is 34.0 Å². The van der Waals surface area contributed by atoms with Crippen LogP contribution < -0.4 is 14.8 Å². The van der Waals surface area contributed by atoms with E-state index in [0.717, 1.165) is 31.0 Å². The third kappa shape index (κ3) is 3.15. The summed E-state index contributed by atoms with van der Waals surface area (Å²) < 4.78 is 10.8. The smallest absolute Gasteiger partial charge is 0.231 e. The summed E-state index contributed by atoms with van der Waals surface area (Å²) in [7, 11) is 4.18. The minimum atomic E-state index is 0.328. The van der Waals surface area contributed by atoms with Crippen molar-refractivity contribution in [2.24, 2.45) is 0 Å². The Bertz CT molecular complexity index is 393. The van der Waals surface area contributed by atoms with Gasteiger partial charge in [0.2, 0.25) is 6.79 Å². The van der Waals surface area contributed by atoms with Gasteiger partial charge in [0, 0.05) is 12.6 Å². The first-order chi connectivity index (χ1) is 8.70. The predicted molar refractivity (Wildman–Crippen MR) is 72.2 cm³/mol. The summed E-state index contributed by atoms with van der Waals surface area (Å²) in [6, 6.07) is 6.52. The van der Waals surface area contributed by atoms with Crippen LogP contribution in [0.15, 0.2) is 18.2 Å². The normalized spacial score (nSPS) is 15.1. The molecule has 1 aliphatic heterocycles. The van der Waals surface area contributed by atoms with Crippen LogP contribution >= 0.6 is 0 Å². The molecule has 0 radical (unpaired) electrons. The second-order valence-electron chi connectivity index (χ2n) is 4.88. The molecule has 1 heterocycles. The quantitative estimate of drug-likeness (QED) is 0.837. The maximum Gasteiger partial charge on any atom is 0.231 e. The summed E-state index contributed by atoms with van der Waals surface area (Å²) in [5.41, 5.74) is 1.25. The van der Waals surface area contributed by atoms with Gasteiger partial charge in [-0.2, -0.15) is 0 Å². The minimum Gasteiger partial charge on any atom is -0.454 e. The highest BCUT2D eigenvalue weighted by Gasteiger charge is 2.18. The molecule has 1 atom stereocenters. The number of nitrogens with one attached hydrogen (secondary N) is 1. The van der Waals surface area contributed by atoms with Crippen LogP contribution in [0.4, 0.5) is 0 Å². The Morgan fingerprint density at radius 3 is 2.78 bits per heavy atom. The molecule has 18 heavy (non-hydrogen) atoms. The highest BCUT2D eigenvalue weighted by Crippen LogP contribution is 2.34. The molecular formula is C14H22N2O2. The fourth-order valence-corrected chi connectivity index (χ4v) is 2.10. The molecule has 0 spiro atoms. The highest BCUT2D eigenvalue weighted by molar-refractivity contribution is 5.45. The molecule has 0 amide bonds. The number of ether oxygens (including phenoxy) is 2. The number of benzene rings is 1. The number of hydrogen-bond acceptors (Lipinski definition) is 4. The number of fused-ring (bicyclic) bond motifs is 1. The lowest BCUT2D eigenvalue weighted by Crippen LogP contribution is -2.31. The topological polar surface area (TPSA) is 33.7 Å². The van der Waals surface area contributed by atoms with Gasteiger partial charge in [-0.25, -0.2) is 0 Å². The van der Waals surface area contributed by atoms with E-state index in [4.69, 9.17) is 9.47 Å². The Morgan fingerprint density at radius 2 is 2.06 bits per heavy atom. The Labute approximate surface area is 109 Å². The molecule has 1 aliphatic rings. The van der Waals surface area contributed by atoms with E-state index in [1.807, 2.05) is 6.07 Å². The molecule has 0 saturated carbocycles. The fourth-order valence-electron chi connectivity index (χ4n) is 2.10. The summed E-state index contributed by atoms with van der Waals surface area (Å²) in [4.78, 5) is 2.19. The van der Waals surface area contributed by atoms with Gasteiger partial charge in [-0.3, -0.25) is 0 Å². The van der Waals surface area contributed by atoms with Crippen molar-refractivity contribution in [3.05, 3.63) is 23.8 Å². The molecule has 1 aromatic rings. The standard InChI is InChI=1S/C14H22N2O2/c1-4-7-15-12(9-16(2)3)11-5-6-13-14(8-11)18-10-17-13/h5-6,8,12,15H,4,7,9-10H2,1-3H3. The van der Waals surface area contributed by atoms with Crippen molar-refractivity contribution < 1.29 is 9.47 Å². The lowest BCUT2D eigenvalue weighted by molar-refractivity contribution is 0.174. The van der Waals surface area contributed by atoms with E-state index in [1.165, 1.54) is 5.56 Å². The third-order valence-corrected chi connectivity index (χ3v) is 2.99. The fraction of sp³-hybridized carbons (Fsp3) is 0.571. The van der Waals surface area contributed by atoms with Crippen molar-refractivity contribution in [1.29, 1.82) is 0 Å². The van der Waals surface area contributed by atoms with Crippen molar-refractivity contribution in [3.63, 3.8) is 0 Å². The average molecular weight is 250 g/mol. The van der Waals surface area contributed by atoms with Crippen LogP contribution in [-0.2, 0) is 0 Å². The largest absolute Gasteiger partial charge is 0.454 e. The van der Waals surface area contributed by atoms with Gasteiger partial charge in [-0.1, -0.05) is 13.0 Å². The minimum absolute atomic E-state index is 0.328. The molecule has 0 aliphatic carbocycles. The van der Waals surface area contributed by atoms with E-state index < -0.39 is 0 Å². The van der Waals surface area contributed by atoms with Gasteiger partial charge in [0.25, 0.3) is 0 Å². The molecule has 1 aromatic carbocycles. The molecule has 4 nitrogen and oxygen atoms in total. The van der Waals surface area contributed by atoms with Crippen molar-refractivity contribution in [2.45, 2.75) is 19.4 Å². The van der Waals surface area contributed by atoms with Gasteiger partial charge >= 0.3 is 0 Å². The van der Waals surface area contributed by atoms with E-state index in [1.54, 1.807) is 0 Å². The second-order valence-corrected chi connectivity index (χ2v) is 4.88. The molecule has 1 N–H and O–H groups in total. The zero-order chi connectivity index (χ0) is 13.0. The van der Waals surface area contributed by atoms with Crippen LogP contribution in [0.1, 0.15) is 24.9 Å². The van der Waals surface area contributed by atoms with E-state index in [9.17, 15) is 0 Å². The SMILES string of the molecule is CCCNC(CN(C)C)c1ccc2c(c1)OCO2. The van der Waals surface area contributed by atoms with E-state index in [0.29, 0.717) is 12.8 Å². The summed E-state index contributed by atoms with van der Waals surface area (Å²) in [6.45, 7) is 4.51. The lowest BCUT2D eigenvalue weighted by atomic mass is 10.1. The Morgan fingerprint density at radius 1 is 1.28 bits per heavy atom. The molecule has 0 bridgehead atoms. The van der Waals surface area contributed by atoms with Crippen LogP contribution in [0, 0.1) is 0 Å². The van der Waals surface area contributed by atoms with Crippen molar-refractivity contribution in [1.82, 2.24) is 10.2 Å². The average Bonchev–Trinajstić information content (AvgIpc) is 2.81. The van der Waals surface area contributed by atoms with Crippen LogP contribution in [0.3, 0.4) is 0 Å². The first-order valence-corrected chi connectivity index (χ1v) is 6.48. The molecule has 0 fully saturated rings. The highest BCUT2D eigenvalue weighted by atomic mass is 16.7. The molecule has 0 saturated heterocycles. The molecule has 0 aromatic heterocycles. The molecule has 1 unspecified atom stereocenters. The molecule has 100 valence electrons. The van der Waals surface area contributed by atoms with Gasteiger partial charge in [-0.15, -0.1) is 0 Å². The zero-order valence-electron chi connectivity index (χ0n) is 11.4. The maximum absolute atomic E-state index is 5.44. The van der Waals surface area contributed by atoms with Crippen molar-refractivity contribution >= 4 is 0 Å². The third-order valence-electron chi connectivity index (χ3n) is 2.99. The van der Waals surface area contributed by atoms with Gasteiger partial charge in [-0.05, 0) is 44.8 Å². The first kappa shape index (κ1) is 13.2. The van der Waals surface area contributed by atoms with Crippen LogP contribution in [0.25, 0.3) is 0 Å². The van der Waals surface area contributed by atoms with Gasteiger partial charge in [0.05, 0.1) is 0 Å². The van der Waals surface area contributed by atoms with E-state index in [-0.39, 0.29) is 0 Å². The Kier molecular flexibility index (Phi) is 4.44. The lowest BCUT2D eigenvalue weighted by Gasteiger charge is -2.23. The van der Waals surface area contributed by atoms with Gasteiger partial charge in [0.15, 0.2) is 11.5 Å². The Hall–Kier alpha value is -1.26. The van der Waals surface area contributed by atoms with Gasteiger partial charge < -0.3 is 19.7 Å². The number of rotatable bonds is 6. The number of likely N-dealkylation sites (N-methyl/N-ethyl adjacent to an activating group) is 1. The van der Waals surface area contributed by atoms with Crippen molar-refractivity contribution in [3.8, 4) is 11.5 Å². The first-order valence-electron chi connectivity index (χ1n) is 6.48. The molecular weight excluding hydrogens is 228 g/mol. The van der Waals surface area contributed by atoms with E-state index >= 15 is 0 Å². The maximum atomic E-state index is 5.44. The molecule has 4 heteroatoms. The van der Waals surface area contributed by atoms with Crippen LogP contribution in [0.5, 0.6) is 11.5 Å². The summed E-state index contributed by atoms with van der Waals surface area (Å²) in [5, 5.41) is 3.57. The van der Waals surface area contributed by atoms with Crippen LogP contribution in [0.2, 0.25) is 0 Å². The summed E-state index contributed by atoms with van der Waals surface area (Å²) >= 11 is 0. The summed E-state index contributed by atoms with van der Waals surface area (Å²) in [6.07, 6.45) is 1.13. The van der Waals surface area contributed by atoms with E-state index in [2.05, 4.69) is 43.4 Å². The molecule has 2 rings (SSSR count). The summed E-state index contributed by atoms with van der Waals surface area (Å²) in [5.74, 6) is 1.70. The number of nitrogens with zero attached hydrogens (tertiary/aromatic N) is 1. The zero-order valence-corrected chi connectivity index (χ0v) is 11.4. The van der Waals surface area contributed by atoms with Gasteiger partial charge in [0.1, 0.15) is 0 Å². The predicted octanol–water partition coefficient (Wildman–Crippen LogP) is 2.02. The monoisotopic (exact) mass is 250 g/mol. The second kappa shape index (κ2) is 6.07. The Balaban J connectivity index is 2.13. The van der Waals surface area contributed by atoms with Crippen LogP contribution in [-0.4, -0.2) is 38.9 Å². The number of hydrogen-bond donors (Lipinski definition) is 1.